The number of benzene rings is 10. The van der Waals surface area contributed by atoms with Gasteiger partial charge in [0.05, 0.1) is 14.2 Å². The van der Waals surface area contributed by atoms with Gasteiger partial charge in [-0.15, -0.1) is 0 Å². The minimum Gasteiger partial charge on any atom is -0.493 e. The molecule has 5 nitrogen and oxygen atoms in total. The van der Waals surface area contributed by atoms with Crippen LogP contribution in [0, 0.1) is 93.1 Å². The summed E-state index contributed by atoms with van der Waals surface area (Å²) in [7, 11) is 2.20. The van der Waals surface area contributed by atoms with Crippen LogP contribution in [-0.2, 0) is 0 Å². The highest BCUT2D eigenvalue weighted by Crippen LogP contribution is 2.52. The molecule has 0 aliphatic rings. The van der Waals surface area contributed by atoms with Crippen LogP contribution in [0.5, 0.6) is 28.7 Å². The molecule has 0 saturated heterocycles. The van der Waals surface area contributed by atoms with Crippen molar-refractivity contribution in [3.05, 3.63) is 184 Å². The summed E-state index contributed by atoms with van der Waals surface area (Å²) in [5.74, 6) is -30.2. The Morgan fingerprint density at radius 3 is 1.01 bits per heavy atom. The highest BCUT2D eigenvalue weighted by molar-refractivity contribution is 6.12. The lowest BCUT2D eigenvalue weighted by molar-refractivity contribution is 0.125. The van der Waals surface area contributed by atoms with Crippen molar-refractivity contribution in [2.45, 2.75) is 79.1 Å². The molecule has 0 heterocycles. The molecular formula is C64H48F16O5. The molecule has 21 heteroatoms. The second-order valence-corrected chi connectivity index (χ2v) is 22.1. The molecule has 0 atom stereocenters. The predicted octanol–water partition coefficient (Wildman–Crippen LogP) is 19.9. The Kier molecular flexibility index (Phi) is 17.0. The summed E-state index contributed by atoms with van der Waals surface area (Å²) >= 11 is 0. The van der Waals surface area contributed by atoms with Gasteiger partial charge in [0.2, 0.25) is 0 Å². The van der Waals surface area contributed by atoms with E-state index in [1.54, 1.807) is 20.8 Å². The third-order valence-corrected chi connectivity index (χ3v) is 12.6. The monoisotopic (exact) mass is 1200 g/mol. The van der Waals surface area contributed by atoms with Crippen LogP contribution in [0.2, 0.25) is 0 Å². The lowest BCUT2D eigenvalue weighted by atomic mass is 9.90. The van der Waals surface area contributed by atoms with Crippen LogP contribution >= 0.6 is 0 Å². The van der Waals surface area contributed by atoms with Gasteiger partial charge in [-0.25, -0.2) is 70.2 Å². The average molecular weight is 1200 g/mol. The van der Waals surface area contributed by atoms with Crippen molar-refractivity contribution in [2.24, 2.45) is 0 Å². The van der Waals surface area contributed by atoms with Gasteiger partial charge >= 0.3 is 0 Å². The van der Waals surface area contributed by atoms with Crippen molar-refractivity contribution in [3.63, 3.8) is 0 Å². The summed E-state index contributed by atoms with van der Waals surface area (Å²) in [4.78, 5) is 0. The molecule has 0 unspecified atom stereocenters. The van der Waals surface area contributed by atoms with E-state index in [0.717, 1.165) is 30.0 Å². The summed E-state index contributed by atoms with van der Waals surface area (Å²) in [5.41, 5.74) is -3.93. The minimum atomic E-state index is -2.39. The number of rotatable bonds is 7. The minimum absolute atomic E-state index is 0.0678. The first kappa shape index (κ1) is 62.4. The van der Waals surface area contributed by atoms with Gasteiger partial charge < -0.3 is 23.7 Å². The molecule has 0 fully saturated rings. The Bertz CT molecular complexity index is 4340. The normalized spacial score (nSPS) is 11.9. The maximum Gasteiger partial charge on any atom is 0.198 e. The van der Waals surface area contributed by atoms with Crippen LogP contribution in [0.1, 0.15) is 62.3 Å². The number of halogens is 16. The third kappa shape index (κ3) is 11.8. The molecule has 10 rings (SSSR count). The molecule has 0 aliphatic heterocycles. The number of hydrogen-bond acceptors (Lipinski definition) is 5. The first-order valence-corrected chi connectivity index (χ1v) is 25.4. The summed E-state index contributed by atoms with van der Waals surface area (Å²) in [6, 6.07) is 21.9. The van der Waals surface area contributed by atoms with Crippen molar-refractivity contribution in [1.82, 2.24) is 0 Å². The Hall–Kier alpha value is -8.62. The Balaban J connectivity index is 0.000000175. The Labute approximate surface area is 474 Å². The number of methoxy groups -OCH3 is 2. The topological polar surface area (TPSA) is 46.2 Å². The van der Waals surface area contributed by atoms with Crippen molar-refractivity contribution in [1.29, 1.82) is 0 Å². The van der Waals surface area contributed by atoms with Crippen LogP contribution in [0.3, 0.4) is 0 Å². The zero-order chi connectivity index (χ0) is 62.8. The number of ether oxygens (including phenoxy) is 5. The molecule has 10 aromatic rings. The van der Waals surface area contributed by atoms with E-state index < -0.39 is 154 Å². The van der Waals surface area contributed by atoms with Gasteiger partial charge in [-0.3, -0.25) is 0 Å². The highest BCUT2D eigenvalue weighted by Gasteiger charge is 2.36. The second-order valence-electron chi connectivity index (χ2n) is 22.1. The third-order valence-electron chi connectivity index (χ3n) is 12.6. The molecule has 0 spiro atoms. The standard InChI is InChI=1S/C25H14F10O2.C25H22F2O2.C14H12F4O/c1-25(2,3)37-24-10(27)6-8-12(18(31)22(35)20(33)16(8)29)14(24)13-11-7(5-9(26)23(13)36-4)15(28)19(32)21(34)17(11)30;1-25(2,3)29-24-20(27)14-16-10-6-8-12-18(16)22(24)21-17-11-7-5-9-15(17)13-19(26)23(21)28-4;1-14(2,3)19-7-4-5-8-9(6-7)11(16)13(18)12(17)10(8)15/h5-6H,1-4H3;5-14H,1-4H3;4-6H,1-3H3. The number of hydrogen-bond donors (Lipinski definition) is 0. The van der Waals surface area contributed by atoms with Crippen LogP contribution in [0.15, 0.2) is 91.0 Å². The van der Waals surface area contributed by atoms with E-state index >= 15 is 22.0 Å². The van der Waals surface area contributed by atoms with Gasteiger partial charge in [0.1, 0.15) is 22.6 Å². The molecular weight excluding hydrogens is 1150 g/mol. The summed E-state index contributed by atoms with van der Waals surface area (Å²) < 4.78 is 258. The maximum atomic E-state index is 15.3. The zero-order valence-electron chi connectivity index (χ0n) is 46.7. The zero-order valence-corrected chi connectivity index (χ0v) is 46.7. The molecule has 0 amide bonds. The van der Waals surface area contributed by atoms with Gasteiger partial charge in [0.25, 0.3) is 0 Å². The summed E-state index contributed by atoms with van der Waals surface area (Å²) in [6.45, 7) is 14.9. The van der Waals surface area contributed by atoms with Gasteiger partial charge in [-0.1, -0.05) is 48.5 Å². The van der Waals surface area contributed by atoms with E-state index in [9.17, 15) is 48.3 Å². The summed E-state index contributed by atoms with van der Waals surface area (Å²) in [6.07, 6.45) is 0. The molecule has 0 bridgehead atoms. The second kappa shape index (κ2) is 23.1. The quantitative estimate of drug-likeness (QED) is 0.0904. The van der Waals surface area contributed by atoms with Crippen LogP contribution < -0.4 is 23.7 Å². The van der Waals surface area contributed by atoms with E-state index in [1.165, 1.54) is 46.1 Å². The predicted molar refractivity (Wildman–Crippen MR) is 291 cm³/mol. The fraction of sp³-hybridized carbons (Fsp3) is 0.219. The highest BCUT2D eigenvalue weighted by atomic mass is 19.2. The van der Waals surface area contributed by atoms with E-state index in [0.29, 0.717) is 21.9 Å². The van der Waals surface area contributed by atoms with Crippen LogP contribution in [0.25, 0.3) is 76.1 Å². The fourth-order valence-corrected chi connectivity index (χ4v) is 9.42. The van der Waals surface area contributed by atoms with Gasteiger partial charge in [-0.2, -0.15) is 0 Å². The smallest absolute Gasteiger partial charge is 0.198 e. The van der Waals surface area contributed by atoms with Crippen LogP contribution in [-0.4, -0.2) is 31.0 Å². The molecule has 0 aromatic heterocycles. The lowest BCUT2D eigenvalue weighted by Gasteiger charge is -2.26. The molecule has 0 radical (unpaired) electrons. The first-order valence-electron chi connectivity index (χ1n) is 25.4. The van der Waals surface area contributed by atoms with Gasteiger partial charge in [0, 0.05) is 54.6 Å². The maximum absolute atomic E-state index is 15.3. The summed E-state index contributed by atoms with van der Waals surface area (Å²) in [5, 5.41) is -2.82. The van der Waals surface area contributed by atoms with Crippen molar-refractivity contribution >= 4 is 53.9 Å². The largest absolute Gasteiger partial charge is 0.493 e. The first-order chi connectivity index (χ1) is 39.6. The SMILES string of the molecule is CC(C)(C)Oc1ccc2c(F)c(F)c(F)c(F)c2c1.COc1c(F)cc2c(F)c(F)c(F)c(F)c2c1-c1c(OC(C)(C)C)c(F)cc2c(F)c(F)c(F)c(F)c12.COc1c(F)cc2ccccc2c1-c1c(OC(C)(C)C)c(F)cc2ccccc12. The fourth-order valence-electron chi connectivity index (χ4n) is 9.42. The van der Waals surface area contributed by atoms with E-state index in [4.69, 9.17) is 23.7 Å². The average Bonchev–Trinajstić information content (AvgIpc) is 2.80. The molecule has 446 valence electrons. The molecule has 0 N–H and O–H groups in total. The van der Waals surface area contributed by atoms with E-state index in [1.807, 2.05) is 69.3 Å². The Morgan fingerprint density at radius 1 is 0.271 bits per heavy atom. The molecule has 0 aliphatic carbocycles. The molecule has 10 aromatic carbocycles. The Morgan fingerprint density at radius 2 is 0.588 bits per heavy atom. The lowest BCUT2D eigenvalue weighted by Crippen LogP contribution is -2.24. The van der Waals surface area contributed by atoms with E-state index in [-0.39, 0.29) is 40.2 Å². The van der Waals surface area contributed by atoms with E-state index in [2.05, 4.69) is 0 Å². The molecule has 0 saturated carbocycles. The number of fused-ring (bicyclic) bond motifs is 5. The van der Waals surface area contributed by atoms with Crippen molar-refractivity contribution in [2.75, 3.05) is 14.2 Å². The van der Waals surface area contributed by atoms with Crippen LogP contribution in [0.4, 0.5) is 70.2 Å². The van der Waals surface area contributed by atoms with Gasteiger partial charge in [0.15, 0.2) is 116 Å². The van der Waals surface area contributed by atoms with Crippen molar-refractivity contribution < 1.29 is 93.9 Å². The molecule has 85 heavy (non-hydrogen) atoms. The van der Waals surface area contributed by atoms with Crippen molar-refractivity contribution in [3.8, 4) is 51.0 Å². The van der Waals surface area contributed by atoms with Gasteiger partial charge in [-0.05, 0) is 126 Å².